The minimum atomic E-state index is 0.138. The third kappa shape index (κ3) is 1.23. The van der Waals surface area contributed by atoms with Crippen LogP contribution in [0.3, 0.4) is 0 Å². The minimum Gasteiger partial charge on any atom is -0.391 e. The summed E-state index contributed by atoms with van der Waals surface area (Å²) in [6, 6.07) is 8.06. The number of hydrogen-bond acceptors (Lipinski definition) is 2. The van der Waals surface area contributed by atoms with Gasteiger partial charge in [-0.1, -0.05) is 24.3 Å². The Balaban J connectivity index is 2.56. The number of nitrogens with one attached hydrogen (secondary N) is 1. The summed E-state index contributed by atoms with van der Waals surface area (Å²) in [6.07, 6.45) is 0.849. The van der Waals surface area contributed by atoms with Crippen molar-refractivity contribution in [2.45, 2.75) is 13.3 Å². The Kier molecular flexibility index (Phi) is 2.12. The molecule has 2 rings (SSSR count). The predicted molar refractivity (Wildman–Crippen MR) is 56.8 cm³/mol. The number of allylic oxidation sites excluding steroid dienone is 2. The Morgan fingerprint density at radius 1 is 1.36 bits per heavy atom. The van der Waals surface area contributed by atoms with Crippen molar-refractivity contribution >= 4 is 11.4 Å². The van der Waals surface area contributed by atoms with E-state index >= 15 is 0 Å². The molecule has 1 N–H and O–H groups in total. The van der Waals surface area contributed by atoms with Gasteiger partial charge in [-0.3, -0.25) is 4.79 Å². The molecule has 0 amide bonds. The third-order valence-electron chi connectivity index (χ3n) is 2.61. The molecule has 0 aliphatic heterocycles. The van der Waals surface area contributed by atoms with Gasteiger partial charge in [0.15, 0.2) is 5.78 Å². The van der Waals surface area contributed by atoms with E-state index in [1.807, 2.05) is 25.2 Å². The van der Waals surface area contributed by atoms with Crippen LogP contribution in [0.25, 0.3) is 5.57 Å². The Morgan fingerprint density at radius 3 is 2.71 bits per heavy atom. The van der Waals surface area contributed by atoms with Crippen LogP contribution in [0, 0.1) is 0 Å². The molecule has 1 aliphatic carbocycles. The number of Topliss-reactive ketones (excluding diaryl/α,β-unsaturated/α-hetero) is 1. The van der Waals surface area contributed by atoms with Gasteiger partial charge in [-0.05, 0) is 18.1 Å². The van der Waals surface area contributed by atoms with E-state index in [9.17, 15) is 4.79 Å². The summed E-state index contributed by atoms with van der Waals surface area (Å²) >= 11 is 0. The van der Waals surface area contributed by atoms with Gasteiger partial charge in [0, 0.05) is 24.7 Å². The van der Waals surface area contributed by atoms with Gasteiger partial charge in [-0.25, -0.2) is 0 Å². The lowest BCUT2D eigenvalue weighted by Crippen LogP contribution is -2.09. The first-order chi connectivity index (χ1) is 6.74. The van der Waals surface area contributed by atoms with Crippen LogP contribution in [0.4, 0.5) is 0 Å². The number of ketones is 1. The number of carbonyl (C=O) groups excluding carboxylic acids is 1. The lowest BCUT2D eigenvalue weighted by molar-refractivity contribution is -0.111. The van der Waals surface area contributed by atoms with Crippen molar-refractivity contribution in [1.82, 2.24) is 5.32 Å². The highest BCUT2D eigenvalue weighted by Gasteiger charge is 2.22. The molecule has 72 valence electrons. The molecule has 0 atom stereocenters. The zero-order chi connectivity index (χ0) is 10.1. The monoisotopic (exact) mass is 187 g/mol. The average molecular weight is 187 g/mol. The fourth-order valence-corrected chi connectivity index (χ4v) is 1.98. The second-order valence-corrected chi connectivity index (χ2v) is 3.49. The first-order valence-electron chi connectivity index (χ1n) is 4.74. The van der Waals surface area contributed by atoms with E-state index in [0.717, 1.165) is 23.3 Å². The van der Waals surface area contributed by atoms with Crippen LogP contribution in [0.15, 0.2) is 30.0 Å². The Hall–Kier alpha value is -1.57. The van der Waals surface area contributed by atoms with Gasteiger partial charge in [-0.2, -0.15) is 0 Å². The second-order valence-electron chi connectivity index (χ2n) is 3.49. The number of hydrogen-bond donors (Lipinski definition) is 1. The fourth-order valence-electron chi connectivity index (χ4n) is 1.98. The molecule has 0 fully saturated rings. The largest absolute Gasteiger partial charge is 0.391 e. The Bertz CT molecular complexity index is 418. The van der Waals surface area contributed by atoms with Crippen LogP contribution >= 0.6 is 0 Å². The Morgan fingerprint density at radius 2 is 2.07 bits per heavy atom. The summed E-state index contributed by atoms with van der Waals surface area (Å²) in [7, 11) is 1.87. The average Bonchev–Trinajstić information content (AvgIpc) is 2.55. The van der Waals surface area contributed by atoms with Crippen LogP contribution in [0.2, 0.25) is 0 Å². The van der Waals surface area contributed by atoms with Crippen LogP contribution in [-0.2, 0) is 11.2 Å². The number of benzene rings is 1. The van der Waals surface area contributed by atoms with Crippen LogP contribution in [0.5, 0.6) is 0 Å². The number of fused-ring (bicyclic) bond motifs is 1. The van der Waals surface area contributed by atoms with Crippen molar-refractivity contribution in [3.8, 4) is 0 Å². The number of likely N-dealkylation sites (N-methyl/N-ethyl adjacent to an activating group) is 1. The highest BCUT2D eigenvalue weighted by Crippen LogP contribution is 2.31. The summed E-state index contributed by atoms with van der Waals surface area (Å²) in [5.41, 5.74) is 4.22. The second kappa shape index (κ2) is 3.29. The molecule has 2 nitrogen and oxygen atoms in total. The van der Waals surface area contributed by atoms with E-state index < -0.39 is 0 Å². The zero-order valence-electron chi connectivity index (χ0n) is 8.42. The minimum absolute atomic E-state index is 0.138. The van der Waals surface area contributed by atoms with E-state index in [-0.39, 0.29) is 5.78 Å². The molecule has 0 heterocycles. The van der Waals surface area contributed by atoms with Crippen LogP contribution in [0.1, 0.15) is 18.1 Å². The normalized spacial score (nSPS) is 14.1. The molecule has 1 aliphatic rings. The highest BCUT2D eigenvalue weighted by molar-refractivity contribution is 6.21. The van der Waals surface area contributed by atoms with Gasteiger partial charge >= 0.3 is 0 Å². The van der Waals surface area contributed by atoms with Crippen LogP contribution < -0.4 is 5.32 Å². The van der Waals surface area contributed by atoms with Gasteiger partial charge in [0.2, 0.25) is 0 Å². The van der Waals surface area contributed by atoms with Crippen LogP contribution in [-0.4, -0.2) is 12.8 Å². The molecule has 0 radical (unpaired) electrons. The maximum Gasteiger partial charge on any atom is 0.162 e. The molecule has 1 aromatic rings. The molecular formula is C12H13NO. The molecule has 0 spiro atoms. The molecule has 0 saturated heterocycles. The van der Waals surface area contributed by atoms with Gasteiger partial charge in [0.05, 0.1) is 0 Å². The first-order valence-corrected chi connectivity index (χ1v) is 4.74. The summed E-state index contributed by atoms with van der Waals surface area (Å²) < 4.78 is 0. The molecular weight excluding hydrogens is 174 g/mol. The molecule has 0 unspecified atom stereocenters. The van der Waals surface area contributed by atoms with Crippen molar-refractivity contribution in [2.75, 3.05) is 7.05 Å². The summed E-state index contributed by atoms with van der Waals surface area (Å²) in [5.74, 6) is 0.138. The fraction of sp³-hybridized carbons (Fsp3) is 0.250. The number of rotatable bonds is 2. The third-order valence-corrected chi connectivity index (χ3v) is 2.61. The van der Waals surface area contributed by atoms with E-state index in [4.69, 9.17) is 0 Å². The van der Waals surface area contributed by atoms with Crippen molar-refractivity contribution in [1.29, 1.82) is 0 Å². The standard InChI is InChI=1S/C12H13NO/c1-8(14)12-10-6-4-3-5-9(10)7-11(12)13-2/h3-6,13H,7H2,1-2H3. The van der Waals surface area contributed by atoms with E-state index in [1.54, 1.807) is 6.92 Å². The molecule has 0 bridgehead atoms. The molecule has 1 aromatic carbocycles. The smallest absolute Gasteiger partial charge is 0.162 e. The molecule has 0 aromatic heterocycles. The lowest BCUT2D eigenvalue weighted by Gasteiger charge is -2.03. The topological polar surface area (TPSA) is 29.1 Å². The van der Waals surface area contributed by atoms with Gasteiger partial charge < -0.3 is 5.32 Å². The van der Waals surface area contributed by atoms with Crippen molar-refractivity contribution in [3.05, 3.63) is 41.1 Å². The van der Waals surface area contributed by atoms with Crippen molar-refractivity contribution in [2.24, 2.45) is 0 Å². The van der Waals surface area contributed by atoms with E-state index in [2.05, 4.69) is 11.4 Å². The van der Waals surface area contributed by atoms with Gasteiger partial charge in [-0.15, -0.1) is 0 Å². The predicted octanol–water partition coefficient (Wildman–Crippen LogP) is 1.76. The maximum absolute atomic E-state index is 11.5. The highest BCUT2D eigenvalue weighted by atomic mass is 16.1. The molecule has 2 heteroatoms. The number of carbonyl (C=O) groups is 1. The summed E-state index contributed by atoms with van der Waals surface area (Å²) in [4.78, 5) is 11.5. The van der Waals surface area contributed by atoms with E-state index in [1.165, 1.54) is 5.56 Å². The van der Waals surface area contributed by atoms with Gasteiger partial charge in [0.1, 0.15) is 0 Å². The van der Waals surface area contributed by atoms with E-state index in [0.29, 0.717) is 0 Å². The lowest BCUT2D eigenvalue weighted by atomic mass is 10.0. The van der Waals surface area contributed by atoms with Gasteiger partial charge in [0.25, 0.3) is 0 Å². The SMILES string of the molecule is CNC1=C(C(C)=O)c2ccccc2C1. The summed E-state index contributed by atoms with van der Waals surface area (Å²) in [6.45, 7) is 1.62. The quantitative estimate of drug-likeness (QED) is 0.764. The molecule has 0 saturated carbocycles. The Labute approximate surface area is 83.6 Å². The summed E-state index contributed by atoms with van der Waals surface area (Å²) in [5, 5.41) is 3.10. The first kappa shape index (κ1) is 9.00. The zero-order valence-corrected chi connectivity index (χ0v) is 8.42. The molecule has 14 heavy (non-hydrogen) atoms. The maximum atomic E-state index is 11.5. The van der Waals surface area contributed by atoms with Crippen molar-refractivity contribution in [3.63, 3.8) is 0 Å². The van der Waals surface area contributed by atoms with Crippen molar-refractivity contribution < 1.29 is 4.79 Å².